The van der Waals surface area contributed by atoms with Crippen molar-refractivity contribution in [2.24, 2.45) is 10.4 Å². The molecule has 0 saturated carbocycles. The summed E-state index contributed by atoms with van der Waals surface area (Å²) in [7, 11) is 3.51. The van der Waals surface area contributed by atoms with Crippen molar-refractivity contribution in [3.05, 3.63) is 0 Å². The summed E-state index contributed by atoms with van der Waals surface area (Å²) < 4.78 is 11.4. The van der Waals surface area contributed by atoms with Crippen molar-refractivity contribution in [2.45, 2.75) is 64.6 Å². The van der Waals surface area contributed by atoms with Gasteiger partial charge in [-0.1, -0.05) is 20.8 Å². The molecule has 1 amide bonds. The summed E-state index contributed by atoms with van der Waals surface area (Å²) in [5, 5.41) is 7.05. The molecule has 0 radical (unpaired) electrons. The van der Waals surface area contributed by atoms with Crippen LogP contribution in [0, 0.1) is 5.41 Å². The summed E-state index contributed by atoms with van der Waals surface area (Å²) in [5.41, 5.74) is 0.118. The Labute approximate surface area is 157 Å². The number of hydrogen-bond donors (Lipinski definition) is 2. The minimum Gasteiger partial charge on any atom is -0.381 e. The number of nitrogens with one attached hydrogen (secondary N) is 2. The number of hydrogen-bond acceptors (Lipinski definition) is 4. The van der Waals surface area contributed by atoms with Gasteiger partial charge in [0.2, 0.25) is 5.91 Å². The van der Waals surface area contributed by atoms with Gasteiger partial charge in [-0.2, -0.15) is 0 Å². The molecule has 0 bridgehead atoms. The minimum absolute atomic E-state index is 0.00220. The maximum atomic E-state index is 11.9. The van der Waals surface area contributed by atoms with E-state index in [9.17, 15) is 4.79 Å². The lowest BCUT2D eigenvalue weighted by Crippen LogP contribution is -2.52. The molecule has 26 heavy (non-hydrogen) atoms. The number of guanidine groups is 1. The Balaban J connectivity index is 1.99. The van der Waals surface area contributed by atoms with Crippen LogP contribution in [0.5, 0.6) is 0 Å². The van der Waals surface area contributed by atoms with Gasteiger partial charge in [0, 0.05) is 46.0 Å². The molecule has 2 saturated heterocycles. The second-order valence-electron chi connectivity index (χ2n) is 8.58. The van der Waals surface area contributed by atoms with Crippen LogP contribution in [0.4, 0.5) is 0 Å². The number of likely N-dealkylation sites (N-methyl/N-ethyl adjacent to an activating group) is 1. The van der Waals surface area contributed by atoms with Crippen LogP contribution in [0.3, 0.4) is 0 Å². The van der Waals surface area contributed by atoms with Gasteiger partial charge in [0.1, 0.15) is 6.54 Å². The van der Waals surface area contributed by atoms with E-state index >= 15 is 0 Å². The maximum absolute atomic E-state index is 11.9. The first-order chi connectivity index (χ1) is 12.3. The molecular weight excluding hydrogens is 332 g/mol. The van der Waals surface area contributed by atoms with E-state index in [0.717, 1.165) is 51.5 Å². The summed E-state index contributed by atoms with van der Waals surface area (Å²) in [4.78, 5) is 18.0. The SMILES string of the molecule is CN(C)C(=O)CN=C(NC1CCOCC1)NC1CCOC(C(C)(C)C)C1. The number of carbonyl (C=O) groups excluding carboxylic acids is 1. The summed E-state index contributed by atoms with van der Waals surface area (Å²) >= 11 is 0. The monoisotopic (exact) mass is 368 g/mol. The molecule has 0 spiro atoms. The molecule has 2 aliphatic rings. The number of aliphatic imine (C=N–C) groups is 1. The third-order valence-corrected chi connectivity index (χ3v) is 5.02. The number of nitrogens with zero attached hydrogens (tertiary/aromatic N) is 2. The first-order valence-corrected chi connectivity index (χ1v) is 9.72. The molecule has 0 aromatic carbocycles. The quantitative estimate of drug-likeness (QED) is 0.579. The Bertz CT molecular complexity index is 482. The molecule has 2 atom stereocenters. The highest BCUT2D eigenvalue weighted by Crippen LogP contribution is 2.29. The van der Waals surface area contributed by atoms with Crippen LogP contribution in [0.15, 0.2) is 4.99 Å². The smallest absolute Gasteiger partial charge is 0.243 e. The molecule has 7 heteroatoms. The highest BCUT2D eigenvalue weighted by Gasteiger charge is 2.32. The number of carbonyl (C=O) groups is 1. The standard InChI is InChI=1S/C19H36N4O3/c1-19(2,3)16-12-15(8-11-26-16)22-18(20-13-17(24)23(4)5)21-14-6-9-25-10-7-14/h14-16H,6-13H2,1-5H3,(H2,20,21,22). The van der Waals surface area contributed by atoms with Gasteiger partial charge in [0.25, 0.3) is 0 Å². The first kappa shape index (κ1) is 21.0. The van der Waals surface area contributed by atoms with Gasteiger partial charge < -0.3 is 25.0 Å². The van der Waals surface area contributed by atoms with Gasteiger partial charge in [-0.25, -0.2) is 4.99 Å². The fraction of sp³-hybridized carbons (Fsp3) is 0.895. The highest BCUT2D eigenvalue weighted by atomic mass is 16.5. The molecule has 2 unspecified atom stereocenters. The third-order valence-electron chi connectivity index (χ3n) is 5.02. The molecule has 2 rings (SSSR count). The van der Waals surface area contributed by atoms with Crippen LogP contribution in [0.1, 0.15) is 46.5 Å². The van der Waals surface area contributed by atoms with Crippen LogP contribution in [-0.2, 0) is 14.3 Å². The number of rotatable bonds is 4. The van der Waals surface area contributed by atoms with Crippen molar-refractivity contribution in [3.63, 3.8) is 0 Å². The van der Waals surface area contributed by atoms with E-state index in [-0.39, 0.29) is 24.0 Å². The summed E-state index contributed by atoms with van der Waals surface area (Å²) in [6.07, 6.45) is 4.03. The van der Waals surface area contributed by atoms with Crippen molar-refractivity contribution < 1.29 is 14.3 Å². The van der Waals surface area contributed by atoms with Gasteiger partial charge in [-0.15, -0.1) is 0 Å². The van der Waals surface area contributed by atoms with Gasteiger partial charge in [0.05, 0.1) is 6.10 Å². The van der Waals surface area contributed by atoms with E-state index in [1.54, 1.807) is 19.0 Å². The fourth-order valence-electron chi connectivity index (χ4n) is 3.18. The predicted molar refractivity (Wildman–Crippen MR) is 103 cm³/mol. The van der Waals surface area contributed by atoms with Gasteiger partial charge in [-0.05, 0) is 31.1 Å². The topological polar surface area (TPSA) is 75.2 Å². The lowest BCUT2D eigenvalue weighted by atomic mass is 9.83. The lowest BCUT2D eigenvalue weighted by Gasteiger charge is -2.38. The Morgan fingerprint density at radius 3 is 2.31 bits per heavy atom. The van der Waals surface area contributed by atoms with Crippen molar-refractivity contribution in [1.82, 2.24) is 15.5 Å². The Hall–Kier alpha value is -1.34. The van der Waals surface area contributed by atoms with E-state index in [4.69, 9.17) is 9.47 Å². The first-order valence-electron chi connectivity index (χ1n) is 9.72. The van der Waals surface area contributed by atoms with Gasteiger partial charge in [-0.3, -0.25) is 4.79 Å². The normalized spacial score (nSPS) is 25.7. The van der Waals surface area contributed by atoms with Crippen LogP contribution in [0.2, 0.25) is 0 Å². The van der Waals surface area contributed by atoms with Crippen molar-refractivity contribution >= 4 is 11.9 Å². The maximum Gasteiger partial charge on any atom is 0.243 e. The molecule has 0 aromatic rings. The van der Waals surface area contributed by atoms with Crippen LogP contribution < -0.4 is 10.6 Å². The molecule has 2 N–H and O–H groups in total. The Morgan fingerprint density at radius 2 is 1.69 bits per heavy atom. The molecular formula is C19H36N4O3. The second-order valence-corrected chi connectivity index (χ2v) is 8.58. The highest BCUT2D eigenvalue weighted by molar-refractivity contribution is 5.85. The van der Waals surface area contributed by atoms with Crippen LogP contribution in [-0.4, -0.2) is 75.4 Å². The number of amides is 1. The van der Waals surface area contributed by atoms with E-state index in [1.165, 1.54) is 0 Å². The van der Waals surface area contributed by atoms with Crippen LogP contribution in [0.25, 0.3) is 0 Å². The zero-order valence-corrected chi connectivity index (χ0v) is 17.0. The molecule has 2 aliphatic heterocycles. The summed E-state index contributed by atoms with van der Waals surface area (Å²) in [5.74, 6) is 0.726. The average molecular weight is 369 g/mol. The summed E-state index contributed by atoms with van der Waals surface area (Å²) in [6, 6.07) is 0.635. The summed E-state index contributed by atoms with van der Waals surface area (Å²) in [6.45, 7) is 9.08. The molecule has 0 aromatic heterocycles. The average Bonchev–Trinajstić information content (AvgIpc) is 2.59. The molecule has 150 valence electrons. The largest absolute Gasteiger partial charge is 0.381 e. The molecule has 2 fully saturated rings. The Kier molecular flexibility index (Phi) is 7.70. The van der Waals surface area contributed by atoms with Crippen molar-refractivity contribution in [1.29, 1.82) is 0 Å². The van der Waals surface area contributed by atoms with Crippen molar-refractivity contribution in [3.8, 4) is 0 Å². The van der Waals surface area contributed by atoms with Gasteiger partial charge >= 0.3 is 0 Å². The zero-order valence-electron chi connectivity index (χ0n) is 17.0. The predicted octanol–water partition coefficient (Wildman–Crippen LogP) is 1.38. The number of ether oxygens (including phenoxy) is 2. The molecule has 7 nitrogen and oxygen atoms in total. The third kappa shape index (κ3) is 6.76. The van der Waals surface area contributed by atoms with E-state index < -0.39 is 0 Å². The Morgan fingerprint density at radius 1 is 1.08 bits per heavy atom. The lowest BCUT2D eigenvalue weighted by molar-refractivity contribution is -0.127. The van der Waals surface area contributed by atoms with E-state index in [2.05, 4.69) is 36.4 Å². The second kappa shape index (κ2) is 9.55. The molecule has 0 aliphatic carbocycles. The van der Waals surface area contributed by atoms with Gasteiger partial charge in [0.15, 0.2) is 5.96 Å². The zero-order chi connectivity index (χ0) is 19.2. The van der Waals surface area contributed by atoms with Crippen LogP contribution >= 0.6 is 0 Å². The minimum atomic E-state index is -0.00220. The van der Waals surface area contributed by atoms with E-state index in [0.29, 0.717) is 12.1 Å². The van der Waals surface area contributed by atoms with E-state index in [1.807, 2.05) is 0 Å². The fourth-order valence-corrected chi connectivity index (χ4v) is 3.18. The van der Waals surface area contributed by atoms with Crippen molar-refractivity contribution in [2.75, 3.05) is 40.5 Å². The molecule has 2 heterocycles.